The van der Waals surface area contributed by atoms with Gasteiger partial charge in [-0.2, -0.15) is 16.9 Å². The van der Waals surface area contributed by atoms with Crippen molar-refractivity contribution < 1.29 is 0 Å². The van der Waals surface area contributed by atoms with Crippen LogP contribution in [-0.2, 0) is 11.5 Å². The van der Waals surface area contributed by atoms with Crippen molar-refractivity contribution in [3.8, 4) is 0 Å². The first-order valence-corrected chi connectivity index (χ1v) is 6.66. The van der Waals surface area contributed by atoms with Crippen LogP contribution in [0.3, 0.4) is 0 Å². The van der Waals surface area contributed by atoms with Crippen molar-refractivity contribution in [2.24, 2.45) is 0 Å². The maximum absolute atomic E-state index is 6.15. The Bertz CT molecular complexity index is 368. The summed E-state index contributed by atoms with van der Waals surface area (Å²) in [6.45, 7) is 2.17. The van der Waals surface area contributed by atoms with Gasteiger partial charge in [0, 0.05) is 17.1 Å². The molecule has 0 atom stereocenters. The minimum atomic E-state index is 0.516. The highest BCUT2D eigenvalue weighted by molar-refractivity contribution is 7.98. The number of piperidine rings is 1. The summed E-state index contributed by atoms with van der Waals surface area (Å²) in [5.74, 6) is 3.01. The highest BCUT2D eigenvalue weighted by atomic mass is 32.2. The Morgan fingerprint density at radius 2 is 2.13 bits per heavy atom. The molecule has 1 aromatic rings. The second-order valence-corrected chi connectivity index (χ2v) is 5.21. The van der Waals surface area contributed by atoms with Gasteiger partial charge >= 0.3 is 0 Å². The zero-order valence-electron chi connectivity index (χ0n) is 8.70. The average Bonchev–Trinajstić information content (AvgIpc) is 2.83. The summed E-state index contributed by atoms with van der Waals surface area (Å²) in [4.78, 5) is 0. The fraction of sp³-hybridized carbons (Fsp3) is 0.700. The predicted octanol–water partition coefficient (Wildman–Crippen LogP) is 1.14. The summed E-state index contributed by atoms with van der Waals surface area (Å²) in [7, 11) is 0. The van der Waals surface area contributed by atoms with E-state index < -0.39 is 0 Å². The summed E-state index contributed by atoms with van der Waals surface area (Å²) in [5.41, 5.74) is 8.66. The van der Waals surface area contributed by atoms with Gasteiger partial charge in [-0.15, -0.1) is 0 Å². The van der Waals surface area contributed by atoms with Crippen molar-refractivity contribution >= 4 is 17.6 Å². The van der Waals surface area contributed by atoms with E-state index in [1.165, 1.54) is 11.3 Å². The third kappa shape index (κ3) is 1.54. The molecule has 82 valence electrons. The van der Waals surface area contributed by atoms with E-state index in [1.54, 1.807) is 0 Å². The summed E-state index contributed by atoms with van der Waals surface area (Å²) in [6.07, 6.45) is 2.30. The van der Waals surface area contributed by atoms with Gasteiger partial charge in [0.1, 0.15) is 5.82 Å². The summed E-state index contributed by atoms with van der Waals surface area (Å²) in [6, 6.07) is 0.516. The SMILES string of the molecule is Nc1c2c(nn1C1CCNCC1)CSC2. The van der Waals surface area contributed by atoms with Crippen molar-refractivity contribution in [1.29, 1.82) is 0 Å². The molecule has 0 spiro atoms. The van der Waals surface area contributed by atoms with Crippen LogP contribution in [0.4, 0.5) is 5.82 Å². The van der Waals surface area contributed by atoms with E-state index in [1.807, 2.05) is 11.8 Å². The Morgan fingerprint density at radius 3 is 2.87 bits per heavy atom. The number of thioether (sulfide) groups is 1. The van der Waals surface area contributed by atoms with Crippen molar-refractivity contribution in [3.63, 3.8) is 0 Å². The molecule has 1 aromatic heterocycles. The zero-order valence-corrected chi connectivity index (χ0v) is 9.52. The number of hydrogen-bond donors (Lipinski definition) is 2. The first-order chi connectivity index (χ1) is 7.36. The number of nitrogens with zero attached hydrogens (tertiary/aromatic N) is 2. The molecule has 0 saturated carbocycles. The number of nitrogens with two attached hydrogens (primary N) is 1. The number of aromatic nitrogens is 2. The lowest BCUT2D eigenvalue weighted by molar-refractivity contribution is 0.346. The number of hydrogen-bond acceptors (Lipinski definition) is 4. The molecule has 4 nitrogen and oxygen atoms in total. The molecule has 0 unspecified atom stereocenters. The normalized spacial score (nSPS) is 21.9. The van der Waals surface area contributed by atoms with Crippen molar-refractivity contribution in [2.75, 3.05) is 18.8 Å². The van der Waals surface area contributed by atoms with E-state index in [0.717, 1.165) is 43.3 Å². The molecule has 15 heavy (non-hydrogen) atoms. The van der Waals surface area contributed by atoms with Crippen molar-refractivity contribution in [1.82, 2.24) is 15.1 Å². The lowest BCUT2D eigenvalue weighted by Gasteiger charge is -2.24. The van der Waals surface area contributed by atoms with Crippen LogP contribution in [0.15, 0.2) is 0 Å². The molecule has 5 heteroatoms. The van der Waals surface area contributed by atoms with Gasteiger partial charge in [0.2, 0.25) is 0 Å². The van der Waals surface area contributed by atoms with Crippen LogP contribution < -0.4 is 11.1 Å². The van der Waals surface area contributed by atoms with Gasteiger partial charge in [0.25, 0.3) is 0 Å². The van der Waals surface area contributed by atoms with Gasteiger partial charge in [-0.05, 0) is 25.9 Å². The number of nitrogen functional groups attached to an aromatic ring is 1. The molecule has 3 N–H and O–H groups in total. The Kier molecular flexibility index (Phi) is 2.36. The molecule has 1 fully saturated rings. The van der Waals surface area contributed by atoms with E-state index in [9.17, 15) is 0 Å². The smallest absolute Gasteiger partial charge is 0.126 e. The van der Waals surface area contributed by atoms with Gasteiger partial charge in [-0.1, -0.05) is 0 Å². The predicted molar refractivity (Wildman–Crippen MR) is 62.8 cm³/mol. The molecular formula is C10H16N4S. The zero-order chi connectivity index (χ0) is 10.3. The fourth-order valence-corrected chi connectivity index (χ4v) is 3.43. The Labute approximate surface area is 93.6 Å². The molecule has 0 radical (unpaired) electrons. The summed E-state index contributed by atoms with van der Waals surface area (Å²) >= 11 is 1.91. The number of anilines is 1. The van der Waals surface area contributed by atoms with Crippen LogP contribution >= 0.6 is 11.8 Å². The van der Waals surface area contributed by atoms with Crippen LogP contribution in [0, 0.1) is 0 Å². The first kappa shape index (κ1) is 9.54. The van der Waals surface area contributed by atoms with Crippen LogP contribution in [0.1, 0.15) is 30.1 Å². The van der Waals surface area contributed by atoms with E-state index in [4.69, 9.17) is 5.73 Å². The summed E-state index contributed by atoms with van der Waals surface area (Å²) in [5, 5.41) is 8.02. The molecule has 2 aliphatic heterocycles. The average molecular weight is 224 g/mol. The molecule has 2 aliphatic rings. The van der Waals surface area contributed by atoms with Crippen LogP contribution in [0.25, 0.3) is 0 Å². The Hall–Kier alpha value is -0.680. The number of fused-ring (bicyclic) bond motifs is 1. The van der Waals surface area contributed by atoms with E-state index >= 15 is 0 Å². The molecular weight excluding hydrogens is 208 g/mol. The Balaban J connectivity index is 1.91. The minimum Gasteiger partial charge on any atom is -0.384 e. The highest BCUT2D eigenvalue weighted by Gasteiger charge is 2.25. The standard InChI is InChI=1S/C10H16N4S/c11-10-8-5-15-6-9(8)13-14(10)7-1-3-12-4-2-7/h7,12H,1-6,11H2. The van der Waals surface area contributed by atoms with E-state index in [2.05, 4.69) is 15.1 Å². The monoisotopic (exact) mass is 224 g/mol. The van der Waals surface area contributed by atoms with Crippen molar-refractivity contribution in [2.45, 2.75) is 30.4 Å². The van der Waals surface area contributed by atoms with Gasteiger partial charge in [-0.3, -0.25) is 0 Å². The van der Waals surface area contributed by atoms with Crippen molar-refractivity contribution in [3.05, 3.63) is 11.3 Å². The highest BCUT2D eigenvalue weighted by Crippen LogP contribution is 2.35. The summed E-state index contributed by atoms with van der Waals surface area (Å²) < 4.78 is 2.07. The molecule has 0 amide bonds. The maximum Gasteiger partial charge on any atom is 0.126 e. The second-order valence-electron chi connectivity index (χ2n) is 4.23. The molecule has 3 rings (SSSR count). The van der Waals surface area contributed by atoms with Gasteiger partial charge in [-0.25, -0.2) is 4.68 Å². The van der Waals surface area contributed by atoms with E-state index in [-0.39, 0.29) is 0 Å². The Morgan fingerprint density at radius 1 is 1.33 bits per heavy atom. The number of rotatable bonds is 1. The topological polar surface area (TPSA) is 55.9 Å². The molecule has 0 aliphatic carbocycles. The quantitative estimate of drug-likeness (QED) is 0.751. The van der Waals surface area contributed by atoms with Gasteiger partial charge in [0.05, 0.1) is 11.7 Å². The lowest BCUT2D eigenvalue weighted by atomic mass is 10.1. The minimum absolute atomic E-state index is 0.516. The molecule has 0 bridgehead atoms. The second kappa shape index (κ2) is 3.72. The molecule has 1 saturated heterocycles. The maximum atomic E-state index is 6.15. The first-order valence-electron chi connectivity index (χ1n) is 5.50. The fourth-order valence-electron chi connectivity index (χ4n) is 2.38. The molecule has 0 aromatic carbocycles. The van der Waals surface area contributed by atoms with E-state index in [0.29, 0.717) is 6.04 Å². The lowest BCUT2D eigenvalue weighted by Crippen LogP contribution is -2.30. The van der Waals surface area contributed by atoms with Crippen LogP contribution in [0.5, 0.6) is 0 Å². The third-order valence-electron chi connectivity index (χ3n) is 3.27. The molecule has 3 heterocycles. The van der Waals surface area contributed by atoms with Crippen LogP contribution in [0.2, 0.25) is 0 Å². The third-order valence-corrected chi connectivity index (χ3v) is 4.24. The number of nitrogens with one attached hydrogen (secondary N) is 1. The van der Waals surface area contributed by atoms with Gasteiger partial charge < -0.3 is 11.1 Å². The van der Waals surface area contributed by atoms with Crippen LogP contribution in [-0.4, -0.2) is 22.9 Å². The van der Waals surface area contributed by atoms with Gasteiger partial charge in [0.15, 0.2) is 0 Å². The largest absolute Gasteiger partial charge is 0.384 e.